The molecule has 2 aromatic heterocycles. The van der Waals surface area contributed by atoms with Gasteiger partial charge in [0, 0.05) is 37.7 Å². The molecule has 0 spiro atoms. The number of nitrogens with one attached hydrogen (secondary N) is 1. The second kappa shape index (κ2) is 8.43. The maximum absolute atomic E-state index is 11.5. The van der Waals surface area contributed by atoms with E-state index in [1.165, 1.54) is 0 Å². The lowest BCUT2D eigenvalue weighted by Gasteiger charge is -2.30. The molecule has 3 heterocycles. The van der Waals surface area contributed by atoms with E-state index in [0.717, 1.165) is 29.9 Å². The second-order valence-electron chi connectivity index (χ2n) is 7.63. The quantitative estimate of drug-likeness (QED) is 0.666. The van der Waals surface area contributed by atoms with Crippen molar-refractivity contribution in [3.8, 4) is 11.5 Å². The summed E-state index contributed by atoms with van der Waals surface area (Å²) < 4.78 is 5.43. The van der Waals surface area contributed by atoms with Gasteiger partial charge in [0.2, 0.25) is 5.91 Å². The SMILES string of the molecule is CC(C)N(C[C@H]1CCC(=O)N1)c1ccc(-c2nc(Cc3ccccc3)no2)cn1. The molecule has 1 fully saturated rings. The number of carbonyl (C=O) groups excluding carboxylic acids is 1. The average molecular weight is 391 g/mol. The standard InChI is InChI=1S/C22H25N5O2/c1-15(2)27(14-18-9-11-21(28)24-18)20-10-8-17(13-23-20)22-25-19(26-29-22)12-16-6-4-3-5-7-16/h3-8,10,13,15,18H,9,11-12,14H2,1-2H3,(H,24,28)/t18-/m1/s1. The molecular formula is C22H25N5O2. The fraction of sp³-hybridized carbons (Fsp3) is 0.364. The Morgan fingerprint density at radius 1 is 1.21 bits per heavy atom. The van der Waals surface area contributed by atoms with Crippen LogP contribution in [0.4, 0.5) is 5.82 Å². The van der Waals surface area contributed by atoms with Crippen LogP contribution in [0.5, 0.6) is 0 Å². The van der Waals surface area contributed by atoms with E-state index in [4.69, 9.17) is 4.52 Å². The van der Waals surface area contributed by atoms with Crippen molar-refractivity contribution in [2.75, 3.05) is 11.4 Å². The van der Waals surface area contributed by atoms with Gasteiger partial charge in [0.05, 0.1) is 5.56 Å². The highest BCUT2D eigenvalue weighted by molar-refractivity contribution is 5.78. The third kappa shape index (κ3) is 4.62. The Hall–Kier alpha value is -3.22. The van der Waals surface area contributed by atoms with Crippen molar-refractivity contribution in [3.05, 3.63) is 60.0 Å². The second-order valence-corrected chi connectivity index (χ2v) is 7.63. The van der Waals surface area contributed by atoms with Crippen LogP contribution in [0.3, 0.4) is 0 Å². The third-order valence-corrected chi connectivity index (χ3v) is 5.09. The van der Waals surface area contributed by atoms with Gasteiger partial charge in [0.25, 0.3) is 5.89 Å². The molecule has 1 aliphatic rings. The summed E-state index contributed by atoms with van der Waals surface area (Å²) in [5, 5.41) is 7.11. The summed E-state index contributed by atoms with van der Waals surface area (Å²) in [4.78, 5) is 22.8. The number of hydrogen-bond donors (Lipinski definition) is 1. The highest BCUT2D eigenvalue weighted by Gasteiger charge is 2.25. The van der Waals surface area contributed by atoms with Crippen molar-refractivity contribution in [2.24, 2.45) is 0 Å². The van der Waals surface area contributed by atoms with E-state index in [9.17, 15) is 4.79 Å². The summed E-state index contributed by atoms with van der Waals surface area (Å²) in [6, 6.07) is 14.4. The Morgan fingerprint density at radius 2 is 2.03 bits per heavy atom. The van der Waals surface area contributed by atoms with Crippen LogP contribution in [0.1, 0.15) is 38.1 Å². The van der Waals surface area contributed by atoms with Crippen LogP contribution in [-0.4, -0.2) is 39.7 Å². The number of hydrogen-bond acceptors (Lipinski definition) is 6. The number of aromatic nitrogens is 3. The first-order valence-electron chi connectivity index (χ1n) is 9.97. The zero-order valence-electron chi connectivity index (χ0n) is 16.7. The molecule has 4 rings (SSSR count). The van der Waals surface area contributed by atoms with Crippen molar-refractivity contribution in [1.82, 2.24) is 20.4 Å². The monoisotopic (exact) mass is 391 g/mol. The van der Waals surface area contributed by atoms with Crippen LogP contribution in [-0.2, 0) is 11.2 Å². The summed E-state index contributed by atoms with van der Waals surface area (Å²) in [5.41, 5.74) is 1.93. The molecule has 1 aromatic carbocycles. The Kier molecular flexibility index (Phi) is 5.55. The Morgan fingerprint density at radius 3 is 2.69 bits per heavy atom. The molecule has 0 aliphatic carbocycles. The van der Waals surface area contributed by atoms with Crippen molar-refractivity contribution < 1.29 is 9.32 Å². The molecule has 1 N–H and O–H groups in total. The number of nitrogens with zero attached hydrogens (tertiary/aromatic N) is 4. The predicted molar refractivity (Wildman–Crippen MR) is 110 cm³/mol. The smallest absolute Gasteiger partial charge is 0.259 e. The zero-order chi connectivity index (χ0) is 20.2. The molecule has 29 heavy (non-hydrogen) atoms. The molecule has 0 bridgehead atoms. The van der Waals surface area contributed by atoms with Crippen LogP contribution in [0.15, 0.2) is 53.2 Å². The number of amides is 1. The lowest BCUT2D eigenvalue weighted by molar-refractivity contribution is -0.119. The van der Waals surface area contributed by atoms with E-state index in [1.807, 2.05) is 42.5 Å². The van der Waals surface area contributed by atoms with E-state index < -0.39 is 0 Å². The van der Waals surface area contributed by atoms with Gasteiger partial charge in [-0.25, -0.2) is 4.98 Å². The molecule has 150 valence electrons. The third-order valence-electron chi connectivity index (χ3n) is 5.09. The molecule has 1 aliphatic heterocycles. The molecule has 0 unspecified atom stereocenters. The van der Waals surface area contributed by atoms with Gasteiger partial charge in [-0.2, -0.15) is 4.98 Å². The highest BCUT2D eigenvalue weighted by Crippen LogP contribution is 2.22. The van der Waals surface area contributed by atoms with Crippen LogP contribution in [0.25, 0.3) is 11.5 Å². The Balaban J connectivity index is 1.46. The number of pyridine rings is 1. The summed E-state index contributed by atoms with van der Waals surface area (Å²) in [6.07, 6.45) is 3.86. The van der Waals surface area contributed by atoms with Gasteiger partial charge < -0.3 is 14.7 Å². The van der Waals surface area contributed by atoms with Crippen molar-refractivity contribution in [2.45, 2.75) is 45.2 Å². The minimum atomic E-state index is 0.129. The van der Waals surface area contributed by atoms with Crippen LogP contribution >= 0.6 is 0 Å². The molecule has 7 heteroatoms. The van der Waals surface area contributed by atoms with Gasteiger partial charge in [-0.3, -0.25) is 4.79 Å². The maximum Gasteiger partial charge on any atom is 0.259 e. The van der Waals surface area contributed by atoms with Crippen LogP contribution < -0.4 is 10.2 Å². The molecule has 1 atom stereocenters. The molecule has 3 aromatic rings. The van der Waals surface area contributed by atoms with E-state index in [-0.39, 0.29) is 18.0 Å². The zero-order valence-corrected chi connectivity index (χ0v) is 16.7. The fourth-order valence-corrected chi connectivity index (χ4v) is 3.52. The fourth-order valence-electron chi connectivity index (χ4n) is 3.52. The van der Waals surface area contributed by atoms with E-state index in [2.05, 4.69) is 39.2 Å². The van der Waals surface area contributed by atoms with Crippen molar-refractivity contribution in [3.63, 3.8) is 0 Å². The molecule has 7 nitrogen and oxygen atoms in total. The summed E-state index contributed by atoms with van der Waals surface area (Å²) in [7, 11) is 0. The molecule has 0 radical (unpaired) electrons. The summed E-state index contributed by atoms with van der Waals surface area (Å²) in [5.74, 6) is 2.11. The van der Waals surface area contributed by atoms with Crippen molar-refractivity contribution in [1.29, 1.82) is 0 Å². The molecule has 0 saturated carbocycles. The molecule has 1 saturated heterocycles. The molecule has 1 amide bonds. The minimum Gasteiger partial charge on any atom is -0.352 e. The van der Waals surface area contributed by atoms with Gasteiger partial charge in [-0.05, 0) is 38.0 Å². The number of rotatable bonds is 7. The van der Waals surface area contributed by atoms with E-state index in [0.29, 0.717) is 24.6 Å². The summed E-state index contributed by atoms with van der Waals surface area (Å²) in [6.45, 7) is 5.00. The number of benzene rings is 1. The predicted octanol–water partition coefficient (Wildman–Crippen LogP) is 3.22. The largest absolute Gasteiger partial charge is 0.352 e. The Labute approximate surface area is 170 Å². The first-order valence-corrected chi connectivity index (χ1v) is 9.97. The Bertz CT molecular complexity index is 953. The molecular weight excluding hydrogens is 366 g/mol. The van der Waals surface area contributed by atoms with Crippen LogP contribution in [0, 0.1) is 0 Å². The van der Waals surface area contributed by atoms with Crippen molar-refractivity contribution >= 4 is 11.7 Å². The summed E-state index contributed by atoms with van der Waals surface area (Å²) >= 11 is 0. The van der Waals surface area contributed by atoms with Gasteiger partial charge >= 0.3 is 0 Å². The lowest BCUT2D eigenvalue weighted by atomic mass is 10.1. The van der Waals surface area contributed by atoms with Gasteiger partial charge in [-0.15, -0.1) is 0 Å². The van der Waals surface area contributed by atoms with Crippen LogP contribution in [0.2, 0.25) is 0 Å². The first kappa shape index (κ1) is 19.1. The lowest BCUT2D eigenvalue weighted by Crippen LogP contribution is -2.42. The van der Waals surface area contributed by atoms with Gasteiger partial charge in [0.15, 0.2) is 5.82 Å². The van der Waals surface area contributed by atoms with E-state index >= 15 is 0 Å². The number of anilines is 1. The average Bonchev–Trinajstić information content (AvgIpc) is 3.36. The first-order chi connectivity index (χ1) is 14.1. The topological polar surface area (TPSA) is 84.2 Å². The number of carbonyl (C=O) groups is 1. The van der Waals surface area contributed by atoms with Gasteiger partial charge in [-0.1, -0.05) is 35.5 Å². The van der Waals surface area contributed by atoms with Gasteiger partial charge in [0.1, 0.15) is 5.82 Å². The minimum absolute atomic E-state index is 0.129. The normalized spacial score (nSPS) is 16.2. The van der Waals surface area contributed by atoms with E-state index in [1.54, 1.807) is 6.20 Å². The maximum atomic E-state index is 11.5. The highest BCUT2D eigenvalue weighted by atomic mass is 16.5.